The number of benzene rings is 1. The molecule has 1 saturated carbocycles. The zero-order valence-corrected chi connectivity index (χ0v) is 25.1. The van der Waals surface area contributed by atoms with Crippen LogP contribution >= 0.6 is 11.3 Å². The molecule has 1 aliphatic heterocycles. The van der Waals surface area contributed by atoms with Crippen molar-refractivity contribution in [3.8, 4) is 10.4 Å². The number of nitrogens with zero attached hydrogens (tertiary/aromatic N) is 1. The molecule has 220 valence electrons. The standard InChI is InChI=1S/C27H38N4O7S2/c1-16(2)37-25(32)30-19-10-11-21(23(12-19)40(34,35)31-27(3,4)5)22-13-28-24(39-22)17-6-8-18(9-7-17)29-26(33)38-20-14-36-15-20/h10-13,16-18,20,31H,6-9,14-15H2,1-5H3,(H,29,33)(H,30,32)/t17-,18-. The van der Waals surface area contributed by atoms with Gasteiger partial charge in [-0.15, -0.1) is 11.3 Å². The first kappa shape index (κ1) is 30.2. The molecule has 2 aliphatic rings. The fourth-order valence-electron chi connectivity index (χ4n) is 4.57. The lowest BCUT2D eigenvalue weighted by Crippen LogP contribution is -2.44. The predicted molar refractivity (Wildman–Crippen MR) is 152 cm³/mol. The Labute approximate surface area is 239 Å². The van der Waals surface area contributed by atoms with Gasteiger partial charge in [-0.1, -0.05) is 6.07 Å². The number of hydrogen-bond donors (Lipinski definition) is 3. The molecule has 13 heteroatoms. The largest absolute Gasteiger partial charge is 0.447 e. The third-order valence-electron chi connectivity index (χ3n) is 6.37. The highest BCUT2D eigenvalue weighted by Gasteiger charge is 2.30. The number of alkyl carbamates (subject to hydrolysis) is 1. The number of thiazole rings is 1. The van der Waals surface area contributed by atoms with Crippen LogP contribution in [-0.4, -0.2) is 62.6 Å². The molecule has 40 heavy (non-hydrogen) atoms. The molecule has 1 aliphatic carbocycles. The molecule has 0 atom stereocenters. The van der Waals surface area contributed by atoms with Gasteiger partial charge in [-0.25, -0.2) is 27.7 Å². The van der Waals surface area contributed by atoms with Gasteiger partial charge in [0.25, 0.3) is 0 Å². The summed E-state index contributed by atoms with van der Waals surface area (Å²) >= 11 is 1.46. The minimum absolute atomic E-state index is 0.0447. The number of aromatic nitrogens is 1. The van der Waals surface area contributed by atoms with Crippen molar-refractivity contribution in [1.29, 1.82) is 0 Å². The van der Waals surface area contributed by atoms with Crippen LogP contribution in [0.3, 0.4) is 0 Å². The summed E-state index contributed by atoms with van der Waals surface area (Å²) in [5, 5.41) is 6.48. The molecular weight excluding hydrogens is 556 g/mol. The molecule has 1 aromatic carbocycles. The maximum absolute atomic E-state index is 13.5. The van der Waals surface area contributed by atoms with Gasteiger partial charge in [0.1, 0.15) is 0 Å². The van der Waals surface area contributed by atoms with Gasteiger partial charge in [0, 0.05) is 34.9 Å². The highest BCUT2D eigenvalue weighted by atomic mass is 32.2. The second-order valence-corrected chi connectivity index (χ2v) is 14.2. The van der Waals surface area contributed by atoms with Crippen LogP contribution in [-0.2, 0) is 24.2 Å². The molecular formula is C27H38N4O7S2. The van der Waals surface area contributed by atoms with E-state index in [2.05, 4.69) is 20.3 Å². The molecule has 2 fully saturated rings. The lowest BCUT2D eigenvalue weighted by Gasteiger charge is -2.30. The van der Waals surface area contributed by atoms with Crippen LogP contribution in [0, 0.1) is 0 Å². The van der Waals surface area contributed by atoms with Gasteiger partial charge >= 0.3 is 12.2 Å². The summed E-state index contributed by atoms with van der Waals surface area (Å²) < 4.78 is 45.1. The second kappa shape index (κ2) is 12.4. The second-order valence-electron chi connectivity index (χ2n) is 11.5. The molecule has 0 radical (unpaired) electrons. The van der Waals surface area contributed by atoms with Crippen LogP contribution in [0.25, 0.3) is 10.4 Å². The Bertz CT molecular complexity index is 1310. The smallest absolute Gasteiger partial charge is 0.411 e. The summed E-state index contributed by atoms with van der Waals surface area (Å²) in [7, 11) is -3.94. The molecule has 0 unspecified atom stereocenters. The minimum Gasteiger partial charge on any atom is -0.447 e. The van der Waals surface area contributed by atoms with Gasteiger partial charge in [0.15, 0.2) is 6.10 Å². The summed E-state index contributed by atoms with van der Waals surface area (Å²) in [6.07, 6.45) is 3.47. The van der Waals surface area contributed by atoms with Gasteiger partial charge in [-0.2, -0.15) is 0 Å². The molecule has 0 spiro atoms. The molecule has 11 nitrogen and oxygen atoms in total. The van der Waals surface area contributed by atoms with E-state index in [9.17, 15) is 18.0 Å². The van der Waals surface area contributed by atoms with Crippen molar-refractivity contribution in [2.75, 3.05) is 18.5 Å². The maximum atomic E-state index is 13.5. The highest BCUT2D eigenvalue weighted by molar-refractivity contribution is 7.89. The van der Waals surface area contributed by atoms with E-state index < -0.39 is 27.7 Å². The van der Waals surface area contributed by atoms with E-state index in [1.165, 1.54) is 17.4 Å². The number of sulfonamides is 1. The number of anilines is 1. The van der Waals surface area contributed by atoms with Gasteiger partial charge in [-0.3, -0.25) is 5.32 Å². The Morgan fingerprint density at radius 2 is 1.80 bits per heavy atom. The van der Waals surface area contributed by atoms with E-state index in [0.717, 1.165) is 30.7 Å². The van der Waals surface area contributed by atoms with E-state index in [4.69, 9.17) is 14.2 Å². The Morgan fingerprint density at radius 3 is 2.40 bits per heavy atom. The summed E-state index contributed by atoms with van der Waals surface area (Å²) in [5.74, 6) is 0.215. The van der Waals surface area contributed by atoms with Crippen molar-refractivity contribution in [2.45, 2.75) is 94.9 Å². The Morgan fingerprint density at radius 1 is 1.10 bits per heavy atom. The van der Waals surface area contributed by atoms with Crippen LogP contribution < -0.4 is 15.4 Å². The van der Waals surface area contributed by atoms with Crippen molar-refractivity contribution in [2.24, 2.45) is 0 Å². The van der Waals surface area contributed by atoms with Crippen molar-refractivity contribution >= 4 is 39.2 Å². The Hall–Kier alpha value is -2.74. The van der Waals surface area contributed by atoms with Gasteiger partial charge in [0.2, 0.25) is 10.0 Å². The average molecular weight is 595 g/mol. The lowest BCUT2D eigenvalue weighted by atomic mass is 9.86. The van der Waals surface area contributed by atoms with Crippen LogP contribution in [0.4, 0.5) is 15.3 Å². The first-order valence-corrected chi connectivity index (χ1v) is 15.8. The molecule has 1 aromatic heterocycles. The fourth-order valence-corrected chi connectivity index (χ4v) is 7.42. The minimum atomic E-state index is -3.94. The fraction of sp³-hybridized carbons (Fsp3) is 0.593. The van der Waals surface area contributed by atoms with E-state index in [0.29, 0.717) is 29.3 Å². The van der Waals surface area contributed by atoms with Crippen molar-refractivity contribution < 1.29 is 32.2 Å². The van der Waals surface area contributed by atoms with E-state index in [1.54, 1.807) is 52.9 Å². The molecule has 3 N–H and O–H groups in total. The van der Waals surface area contributed by atoms with Crippen LogP contribution in [0.1, 0.15) is 71.2 Å². The summed E-state index contributed by atoms with van der Waals surface area (Å²) in [6.45, 7) is 9.67. The van der Waals surface area contributed by atoms with Gasteiger partial charge in [0.05, 0.1) is 34.1 Å². The molecule has 2 amide bonds. The number of carbonyl (C=O) groups excluding carboxylic acids is 2. The average Bonchev–Trinajstić information content (AvgIpc) is 3.30. The lowest BCUT2D eigenvalue weighted by molar-refractivity contribution is -0.0985. The SMILES string of the molecule is CC(C)OC(=O)Nc1ccc(-c2cnc([C@H]3CC[C@H](NC(=O)OC4COC4)CC3)s2)c(S(=O)(=O)NC(C)(C)C)c1. The topological polar surface area (TPSA) is 145 Å². The first-order valence-electron chi connectivity index (χ1n) is 13.5. The quantitative estimate of drug-likeness (QED) is 0.387. The maximum Gasteiger partial charge on any atom is 0.411 e. The van der Waals surface area contributed by atoms with Crippen molar-refractivity contribution in [3.05, 3.63) is 29.4 Å². The molecule has 0 bridgehead atoms. The monoisotopic (exact) mass is 594 g/mol. The van der Waals surface area contributed by atoms with E-state index >= 15 is 0 Å². The van der Waals surface area contributed by atoms with E-state index in [-0.39, 0.29) is 29.1 Å². The molecule has 2 heterocycles. The number of carbonyl (C=O) groups is 2. The molecule has 2 aromatic rings. The zero-order valence-electron chi connectivity index (χ0n) is 23.5. The normalized spacial score (nSPS) is 20.1. The highest BCUT2D eigenvalue weighted by Crippen LogP contribution is 2.40. The summed E-state index contributed by atoms with van der Waals surface area (Å²) in [6, 6.07) is 4.82. The molecule has 4 rings (SSSR count). The number of hydrogen-bond acceptors (Lipinski definition) is 9. The van der Waals surface area contributed by atoms with Crippen LogP contribution in [0.5, 0.6) is 0 Å². The predicted octanol–water partition coefficient (Wildman–Crippen LogP) is 5.00. The Balaban J connectivity index is 1.49. The molecule has 1 saturated heterocycles. The van der Waals surface area contributed by atoms with Crippen molar-refractivity contribution in [3.63, 3.8) is 0 Å². The summed E-state index contributed by atoms with van der Waals surface area (Å²) in [4.78, 5) is 29.6. The van der Waals surface area contributed by atoms with Crippen molar-refractivity contribution in [1.82, 2.24) is 15.0 Å². The third-order valence-corrected chi connectivity index (χ3v) is 9.36. The Kier molecular flexibility index (Phi) is 9.38. The van der Waals surface area contributed by atoms with Gasteiger partial charge in [-0.05, 0) is 72.4 Å². The number of nitrogens with one attached hydrogen (secondary N) is 3. The number of ether oxygens (including phenoxy) is 3. The van der Waals surface area contributed by atoms with E-state index in [1.807, 2.05) is 0 Å². The van der Waals surface area contributed by atoms with Crippen LogP contribution in [0.15, 0.2) is 29.3 Å². The van der Waals surface area contributed by atoms with Gasteiger partial charge < -0.3 is 19.5 Å². The number of rotatable bonds is 8. The summed E-state index contributed by atoms with van der Waals surface area (Å²) in [5.41, 5.74) is 0.101. The zero-order chi connectivity index (χ0) is 29.1. The first-order chi connectivity index (χ1) is 18.8. The third kappa shape index (κ3) is 8.15. The number of amides is 2. The van der Waals surface area contributed by atoms with Crippen LogP contribution in [0.2, 0.25) is 0 Å².